The normalized spacial score (nSPS) is 12.2. The van der Waals surface area contributed by atoms with Gasteiger partial charge in [0.1, 0.15) is 5.75 Å². The fourth-order valence-corrected chi connectivity index (χ4v) is 1.62. The third-order valence-electron chi connectivity index (χ3n) is 2.82. The molecule has 0 aliphatic rings. The Balaban J connectivity index is 2.41. The number of methoxy groups -OCH3 is 1. The van der Waals surface area contributed by atoms with Gasteiger partial charge < -0.3 is 9.84 Å². The van der Waals surface area contributed by atoms with E-state index in [0.717, 1.165) is 18.6 Å². The molecule has 0 saturated carbocycles. The van der Waals surface area contributed by atoms with E-state index in [4.69, 9.17) is 4.74 Å². The predicted molar refractivity (Wildman–Crippen MR) is 67.5 cm³/mol. The van der Waals surface area contributed by atoms with E-state index in [2.05, 4.69) is 0 Å². The largest absolute Gasteiger partial charge is 0.497 e. The van der Waals surface area contributed by atoms with Gasteiger partial charge in [-0.2, -0.15) is 0 Å². The van der Waals surface area contributed by atoms with Crippen molar-refractivity contribution in [2.45, 2.75) is 38.7 Å². The number of carbonyl (C=O) groups excluding carboxylic acids is 1. The zero-order valence-corrected chi connectivity index (χ0v) is 10.5. The third-order valence-corrected chi connectivity index (χ3v) is 2.82. The van der Waals surface area contributed by atoms with Crippen LogP contribution in [0.25, 0.3) is 0 Å². The molecule has 0 spiro atoms. The van der Waals surface area contributed by atoms with Crippen LogP contribution in [0.4, 0.5) is 0 Å². The van der Waals surface area contributed by atoms with Gasteiger partial charge in [-0.05, 0) is 43.5 Å². The Kier molecular flexibility index (Phi) is 5.70. The molecule has 94 valence electrons. The van der Waals surface area contributed by atoms with E-state index >= 15 is 0 Å². The molecule has 1 rings (SSSR count). The van der Waals surface area contributed by atoms with Crippen LogP contribution >= 0.6 is 0 Å². The predicted octanol–water partition coefficient (Wildman–Crippen LogP) is 2.82. The topological polar surface area (TPSA) is 46.5 Å². The summed E-state index contributed by atoms with van der Waals surface area (Å²) in [4.78, 5) is 11.8. The summed E-state index contributed by atoms with van der Waals surface area (Å²) in [7, 11) is 1.60. The van der Waals surface area contributed by atoms with Crippen molar-refractivity contribution in [1.82, 2.24) is 0 Å². The van der Waals surface area contributed by atoms with Gasteiger partial charge in [-0.1, -0.05) is 6.92 Å². The molecule has 0 aliphatic carbocycles. The van der Waals surface area contributed by atoms with Gasteiger partial charge in [0.05, 0.1) is 13.2 Å². The molecular formula is C14H20O3. The van der Waals surface area contributed by atoms with Crippen molar-refractivity contribution in [1.29, 1.82) is 0 Å². The van der Waals surface area contributed by atoms with Crippen LogP contribution in [-0.4, -0.2) is 24.1 Å². The van der Waals surface area contributed by atoms with Crippen LogP contribution in [0.2, 0.25) is 0 Å². The summed E-state index contributed by atoms with van der Waals surface area (Å²) in [5.74, 6) is 0.874. The molecule has 0 unspecified atom stereocenters. The van der Waals surface area contributed by atoms with Crippen molar-refractivity contribution in [3.05, 3.63) is 29.8 Å². The molecule has 17 heavy (non-hydrogen) atoms. The van der Waals surface area contributed by atoms with Crippen molar-refractivity contribution >= 4 is 5.78 Å². The van der Waals surface area contributed by atoms with Crippen LogP contribution in [0.3, 0.4) is 0 Å². The average Bonchev–Trinajstić information content (AvgIpc) is 2.38. The van der Waals surface area contributed by atoms with Gasteiger partial charge in [-0.15, -0.1) is 0 Å². The van der Waals surface area contributed by atoms with Gasteiger partial charge in [0.2, 0.25) is 0 Å². The van der Waals surface area contributed by atoms with E-state index in [0.29, 0.717) is 18.4 Å². The first-order chi connectivity index (χ1) is 8.17. The second-order valence-electron chi connectivity index (χ2n) is 4.11. The first-order valence-electron chi connectivity index (χ1n) is 6.02. The first kappa shape index (κ1) is 13.7. The minimum Gasteiger partial charge on any atom is -0.497 e. The fraction of sp³-hybridized carbons (Fsp3) is 0.500. The van der Waals surface area contributed by atoms with E-state index in [-0.39, 0.29) is 11.9 Å². The number of aliphatic hydroxyl groups is 1. The Hall–Kier alpha value is -1.35. The highest BCUT2D eigenvalue weighted by molar-refractivity contribution is 5.96. The second-order valence-corrected chi connectivity index (χ2v) is 4.11. The lowest BCUT2D eigenvalue weighted by atomic mass is 10.0. The Morgan fingerprint density at radius 2 is 2.00 bits per heavy atom. The molecule has 0 aromatic heterocycles. The number of Topliss-reactive ketones (excluding diaryl/α,β-unsaturated/α-hetero) is 1. The molecule has 0 aliphatic heterocycles. The van der Waals surface area contributed by atoms with Crippen LogP contribution in [0, 0.1) is 0 Å². The summed E-state index contributed by atoms with van der Waals surface area (Å²) < 4.78 is 5.03. The summed E-state index contributed by atoms with van der Waals surface area (Å²) in [5, 5.41) is 9.38. The maximum absolute atomic E-state index is 11.8. The van der Waals surface area contributed by atoms with Crippen LogP contribution in [0.5, 0.6) is 5.75 Å². The van der Waals surface area contributed by atoms with Crippen LogP contribution in [0.1, 0.15) is 43.0 Å². The minimum absolute atomic E-state index is 0.121. The quantitative estimate of drug-likeness (QED) is 0.740. The lowest BCUT2D eigenvalue weighted by Crippen LogP contribution is -2.06. The highest BCUT2D eigenvalue weighted by Gasteiger charge is 2.07. The van der Waals surface area contributed by atoms with Gasteiger partial charge in [0, 0.05) is 12.0 Å². The van der Waals surface area contributed by atoms with E-state index in [1.807, 2.05) is 6.92 Å². The lowest BCUT2D eigenvalue weighted by molar-refractivity contribution is 0.0968. The zero-order chi connectivity index (χ0) is 12.7. The number of benzene rings is 1. The number of ether oxygens (including phenoxy) is 1. The van der Waals surface area contributed by atoms with E-state index in [1.165, 1.54) is 0 Å². The maximum atomic E-state index is 11.8. The lowest BCUT2D eigenvalue weighted by Gasteiger charge is -2.06. The summed E-state index contributed by atoms with van der Waals surface area (Å²) in [5.41, 5.74) is 0.705. The Morgan fingerprint density at radius 1 is 1.35 bits per heavy atom. The summed E-state index contributed by atoms with van der Waals surface area (Å²) in [6, 6.07) is 7.12. The minimum atomic E-state index is -0.279. The molecule has 0 fully saturated rings. The van der Waals surface area contributed by atoms with Crippen molar-refractivity contribution in [3.63, 3.8) is 0 Å². The Labute approximate surface area is 102 Å². The highest BCUT2D eigenvalue weighted by Crippen LogP contribution is 2.14. The number of ketones is 1. The molecular weight excluding hydrogens is 216 g/mol. The van der Waals surface area contributed by atoms with Crippen molar-refractivity contribution in [2.24, 2.45) is 0 Å². The van der Waals surface area contributed by atoms with Crippen LogP contribution < -0.4 is 4.74 Å². The van der Waals surface area contributed by atoms with Crippen molar-refractivity contribution in [3.8, 4) is 5.75 Å². The molecule has 1 aromatic rings. The molecule has 0 heterocycles. The van der Waals surface area contributed by atoms with E-state index in [1.54, 1.807) is 31.4 Å². The highest BCUT2D eigenvalue weighted by atomic mass is 16.5. The fourth-order valence-electron chi connectivity index (χ4n) is 1.62. The molecule has 1 atom stereocenters. The van der Waals surface area contributed by atoms with Gasteiger partial charge in [-0.25, -0.2) is 0 Å². The van der Waals surface area contributed by atoms with Crippen LogP contribution in [-0.2, 0) is 0 Å². The molecule has 1 aromatic carbocycles. The van der Waals surface area contributed by atoms with Crippen molar-refractivity contribution < 1.29 is 14.6 Å². The molecule has 3 heteroatoms. The summed E-state index contributed by atoms with van der Waals surface area (Å²) >= 11 is 0. The molecule has 0 bridgehead atoms. The molecule has 0 amide bonds. The molecule has 0 radical (unpaired) electrons. The second kappa shape index (κ2) is 7.07. The average molecular weight is 236 g/mol. The SMILES string of the molecule is CC[C@H](O)CCCC(=O)c1ccc(OC)cc1. The third kappa shape index (κ3) is 4.57. The first-order valence-corrected chi connectivity index (χ1v) is 6.02. The smallest absolute Gasteiger partial charge is 0.162 e. The Bertz CT molecular complexity index is 343. The zero-order valence-electron chi connectivity index (χ0n) is 10.5. The van der Waals surface area contributed by atoms with E-state index < -0.39 is 0 Å². The molecule has 3 nitrogen and oxygen atoms in total. The standard InChI is InChI=1S/C14H20O3/c1-3-12(15)5-4-6-14(16)11-7-9-13(17-2)10-8-11/h7-10,12,15H,3-6H2,1-2H3/t12-/m0/s1. The number of hydrogen-bond acceptors (Lipinski definition) is 3. The van der Waals surface area contributed by atoms with Crippen molar-refractivity contribution in [2.75, 3.05) is 7.11 Å². The summed E-state index contributed by atoms with van der Waals surface area (Å²) in [6.45, 7) is 1.94. The number of aliphatic hydroxyl groups excluding tert-OH is 1. The van der Waals surface area contributed by atoms with Gasteiger partial charge in [0.25, 0.3) is 0 Å². The van der Waals surface area contributed by atoms with Crippen LogP contribution in [0.15, 0.2) is 24.3 Å². The van der Waals surface area contributed by atoms with Gasteiger partial charge >= 0.3 is 0 Å². The monoisotopic (exact) mass is 236 g/mol. The summed E-state index contributed by atoms with van der Waals surface area (Å²) in [6.07, 6.45) is 2.39. The maximum Gasteiger partial charge on any atom is 0.162 e. The number of rotatable bonds is 7. The Morgan fingerprint density at radius 3 is 2.53 bits per heavy atom. The molecule has 0 saturated heterocycles. The van der Waals surface area contributed by atoms with E-state index in [9.17, 15) is 9.90 Å². The number of hydrogen-bond donors (Lipinski definition) is 1. The van der Waals surface area contributed by atoms with Gasteiger partial charge in [0.15, 0.2) is 5.78 Å². The van der Waals surface area contributed by atoms with Gasteiger partial charge in [-0.3, -0.25) is 4.79 Å². The molecule has 1 N–H and O–H groups in total. The number of carbonyl (C=O) groups is 1.